The van der Waals surface area contributed by atoms with Gasteiger partial charge in [0.25, 0.3) is 5.89 Å². The summed E-state index contributed by atoms with van der Waals surface area (Å²) >= 11 is 0. The number of likely N-dealkylation sites (tertiary alicyclic amines) is 1. The Balaban J connectivity index is 1.50. The predicted octanol–water partition coefficient (Wildman–Crippen LogP) is 4.23. The predicted molar refractivity (Wildman–Crippen MR) is 161 cm³/mol. The number of carbonyl (C=O) groups is 3. The SMILES string of the molecule is C[C@H]1CCN(C(=O)[C@@H](CCC2CCCCC2)NS(C)(=O)=O)[C@@H]1C(=O)C[C@@H](CCCCN)C(=O)c1nc2ccccc2o1. The quantitative estimate of drug-likeness (QED) is 0.227. The van der Waals surface area contributed by atoms with Crippen LogP contribution in [0.15, 0.2) is 28.7 Å². The van der Waals surface area contributed by atoms with Crippen LogP contribution in [0.3, 0.4) is 0 Å². The first-order chi connectivity index (χ1) is 20.1. The van der Waals surface area contributed by atoms with Crippen molar-refractivity contribution in [2.24, 2.45) is 23.5 Å². The molecular weight excluding hydrogens is 556 g/mol. The van der Waals surface area contributed by atoms with Gasteiger partial charge < -0.3 is 15.1 Å². The Kier molecular flexibility index (Phi) is 11.3. The number of sulfonamides is 1. The molecule has 2 heterocycles. The Labute approximate surface area is 249 Å². The summed E-state index contributed by atoms with van der Waals surface area (Å²) in [6, 6.07) is 5.50. The van der Waals surface area contributed by atoms with Gasteiger partial charge in [-0.25, -0.2) is 18.1 Å². The molecular formula is C31H46N4O6S. The van der Waals surface area contributed by atoms with Crippen molar-refractivity contribution in [2.45, 2.75) is 96.1 Å². The second-order valence-corrected chi connectivity index (χ2v) is 14.0. The van der Waals surface area contributed by atoms with E-state index in [4.69, 9.17) is 10.2 Å². The molecule has 4 atom stereocenters. The van der Waals surface area contributed by atoms with Crippen molar-refractivity contribution < 1.29 is 27.2 Å². The minimum Gasteiger partial charge on any atom is -0.434 e. The van der Waals surface area contributed by atoms with Crippen molar-refractivity contribution in [3.63, 3.8) is 0 Å². The maximum atomic E-state index is 13.9. The Bertz CT molecular complexity index is 1300. The molecule has 0 spiro atoms. The highest BCUT2D eigenvalue weighted by molar-refractivity contribution is 7.88. The highest BCUT2D eigenvalue weighted by Crippen LogP contribution is 2.32. The summed E-state index contributed by atoms with van der Waals surface area (Å²) in [5, 5.41) is 0. The number of aromatic nitrogens is 1. The Morgan fingerprint density at radius 2 is 1.83 bits per heavy atom. The molecule has 1 aliphatic carbocycles. The summed E-state index contributed by atoms with van der Waals surface area (Å²) in [5.74, 6) is -1.18. The molecule has 42 heavy (non-hydrogen) atoms. The second-order valence-electron chi connectivity index (χ2n) is 12.3. The average Bonchev–Trinajstić information content (AvgIpc) is 3.57. The number of unbranched alkanes of at least 4 members (excludes halogenated alkanes) is 1. The lowest BCUT2D eigenvalue weighted by Crippen LogP contribution is -2.52. The van der Waals surface area contributed by atoms with Crippen molar-refractivity contribution in [1.82, 2.24) is 14.6 Å². The molecule has 4 rings (SSSR count). The van der Waals surface area contributed by atoms with Gasteiger partial charge in [-0.05, 0) is 62.6 Å². The van der Waals surface area contributed by atoms with E-state index in [1.54, 1.807) is 23.1 Å². The first-order valence-electron chi connectivity index (χ1n) is 15.5. The van der Waals surface area contributed by atoms with Crippen LogP contribution in [-0.4, -0.2) is 67.2 Å². The number of nitrogens with one attached hydrogen (secondary N) is 1. The summed E-state index contributed by atoms with van der Waals surface area (Å²) in [7, 11) is -3.64. The molecule has 1 saturated carbocycles. The number of Topliss-reactive ketones (excluding diaryl/α,β-unsaturated/α-hetero) is 2. The second kappa shape index (κ2) is 14.7. The zero-order valence-corrected chi connectivity index (χ0v) is 25.7. The van der Waals surface area contributed by atoms with Gasteiger partial charge in [-0.3, -0.25) is 14.4 Å². The fraction of sp³-hybridized carbons (Fsp3) is 0.677. The van der Waals surface area contributed by atoms with Crippen LogP contribution in [0.5, 0.6) is 0 Å². The van der Waals surface area contributed by atoms with Gasteiger partial charge in [-0.15, -0.1) is 0 Å². The van der Waals surface area contributed by atoms with E-state index < -0.39 is 28.0 Å². The van der Waals surface area contributed by atoms with Gasteiger partial charge in [0.15, 0.2) is 11.4 Å². The van der Waals surface area contributed by atoms with E-state index in [0.717, 1.165) is 44.8 Å². The number of nitrogens with zero attached hydrogens (tertiary/aromatic N) is 2. The van der Waals surface area contributed by atoms with E-state index in [1.807, 2.05) is 13.0 Å². The Morgan fingerprint density at radius 3 is 2.52 bits per heavy atom. The van der Waals surface area contributed by atoms with Gasteiger partial charge in [0.1, 0.15) is 11.6 Å². The maximum absolute atomic E-state index is 13.9. The van der Waals surface area contributed by atoms with Crippen LogP contribution in [0.4, 0.5) is 0 Å². The van der Waals surface area contributed by atoms with Crippen molar-refractivity contribution in [3.8, 4) is 0 Å². The maximum Gasteiger partial charge on any atom is 0.264 e. The lowest BCUT2D eigenvalue weighted by atomic mass is 9.85. The van der Waals surface area contributed by atoms with Gasteiger partial charge in [0.2, 0.25) is 21.7 Å². The summed E-state index contributed by atoms with van der Waals surface area (Å²) in [6.07, 6.45) is 10.4. The lowest BCUT2D eigenvalue weighted by Gasteiger charge is -2.31. The molecule has 0 unspecified atom stereocenters. The van der Waals surface area contributed by atoms with Crippen LogP contribution in [-0.2, 0) is 19.6 Å². The van der Waals surface area contributed by atoms with Crippen molar-refractivity contribution in [1.29, 1.82) is 0 Å². The molecule has 1 saturated heterocycles. The number of benzene rings is 1. The molecule has 11 heteroatoms. The largest absolute Gasteiger partial charge is 0.434 e. The number of amides is 1. The van der Waals surface area contributed by atoms with Gasteiger partial charge in [-0.2, -0.15) is 0 Å². The number of nitrogens with two attached hydrogens (primary N) is 1. The number of para-hydroxylation sites is 2. The first kappa shape index (κ1) is 32.3. The molecule has 10 nitrogen and oxygen atoms in total. The van der Waals surface area contributed by atoms with E-state index >= 15 is 0 Å². The number of hydrogen-bond donors (Lipinski definition) is 2. The Hall–Kier alpha value is -2.63. The third kappa shape index (κ3) is 8.48. The summed E-state index contributed by atoms with van der Waals surface area (Å²) in [6.45, 7) is 2.79. The molecule has 2 aromatic rings. The molecule has 232 valence electrons. The molecule has 1 amide bonds. The van der Waals surface area contributed by atoms with Crippen LogP contribution in [0, 0.1) is 17.8 Å². The summed E-state index contributed by atoms with van der Waals surface area (Å²) in [4.78, 5) is 47.2. The van der Waals surface area contributed by atoms with Crippen molar-refractivity contribution in [2.75, 3.05) is 19.3 Å². The third-order valence-electron chi connectivity index (χ3n) is 8.89. The van der Waals surface area contributed by atoms with Crippen LogP contribution in [0.1, 0.15) is 94.7 Å². The number of oxazole rings is 1. The zero-order valence-electron chi connectivity index (χ0n) is 24.9. The summed E-state index contributed by atoms with van der Waals surface area (Å²) in [5.41, 5.74) is 6.77. The van der Waals surface area contributed by atoms with Crippen molar-refractivity contribution in [3.05, 3.63) is 30.2 Å². The van der Waals surface area contributed by atoms with Crippen LogP contribution >= 0.6 is 0 Å². The van der Waals surface area contributed by atoms with Crippen LogP contribution < -0.4 is 10.5 Å². The normalized spacial score (nSPS) is 21.5. The zero-order chi connectivity index (χ0) is 30.3. The number of ketones is 2. The molecule has 1 aliphatic heterocycles. The molecule has 2 aliphatic rings. The highest BCUT2D eigenvalue weighted by Gasteiger charge is 2.43. The van der Waals surface area contributed by atoms with Gasteiger partial charge in [-0.1, -0.05) is 57.6 Å². The number of fused-ring (bicyclic) bond motifs is 1. The smallest absolute Gasteiger partial charge is 0.264 e. The van der Waals surface area contributed by atoms with E-state index in [0.29, 0.717) is 55.8 Å². The minimum atomic E-state index is -3.64. The van der Waals surface area contributed by atoms with Crippen LogP contribution in [0.25, 0.3) is 11.1 Å². The standard InChI is InChI=1S/C31H46N4O6S/c1-21-17-19-35(31(38)25(34-42(2,39)40)16-15-22-10-4-3-5-11-22)28(21)26(36)20-23(12-8-9-18-32)29(37)30-33-24-13-6-7-14-27(24)41-30/h6-7,13-14,21-23,25,28,34H,3-5,8-12,15-20,32H2,1-2H3/t21-,23+,25+,28-/m0/s1. The average molecular weight is 603 g/mol. The van der Waals surface area contributed by atoms with E-state index in [1.165, 1.54) is 6.42 Å². The summed E-state index contributed by atoms with van der Waals surface area (Å²) < 4.78 is 32.7. The molecule has 0 radical (unpaired) electrons. The van der Waals surface area contributed by atoms with E-state index in [9.17, 15) is 22.8 Å². The number of rotatable bonds is 15. The van der Waals surface area contributed by atoms with Crippen LogP contribution in [0.2, 0.25) is 0 Å². The van der Waals surface area contributed by atoms with E-state index in [2.05, 4.69) is 9.71 Å². The molecule has 1 aromatic carbocycles. The Morgan fingerprint density at radius 1 is 1.10 bits per heavy atom. The number of hydrogen-bond acceptors (Lipinski definition) is 8. The molecule has 0 bridgehead atoms. The van der Waals surface area contributed by atoms with Crippen molar-refractivity contribution >= 4 is 38.6 Å². The minimum absolute atomic E-state index is 0.0192. The lowest BCUT2D eigenvalue weighted by molar-refractivity contribution is -0.140. The highest BCUT2D eigenvalue weighted by atomic mass is 32.2. The fourth-order valence-corrected chi connectivity index (χ4v) is 7.37. The first-order valence-corrected chi connectivity index (χ1v) is 17.4. The van der Waals surface area contributed by atoms with Gasteiger partial charge in [0, 0.05) is 18.9 Å². The van der Waals surface area contributed by atoms with Gasteiger partial charge in [0.05, 0.1) is 12.3 Å². The molecule has 1 aromatic heterocycles. The fourth-order valence-electron chi connectivity index (χ4n) is 6.63. The third-order valence-corrected chi connectivity index (χ3v) is 9.60. The van der Waals surface area contributed by atoms with Gasteiger partial charge >= 0.3 is 0 Å². The molecule has 2 fully saturated rings. The monoisotopic (exact) mass is 602 g/mol. The number of carbonyl (C=O) groups excluding carboxylic acids is 3. The van der Waals surface area contributed by atoms with E-state index in [-0.39, 0.29) is 35.7 Å². The topological polar surface area (TPSA) is 153 Å². The molecule has 3 N–H and O–H groups in total.